The summed E-state index contributed by atoms with van der Waals surface area (Å²) >= 11 is 0. The van der Waals surface area contributed by atoms with E-state index in [1.54, 1.807) is 4.90 Å². The van der Waals surface area contributed by atoms with Crippen molar-refractivity contribution >= 4 is 11.8 Å². The molecule has 0 aromatic carbocycles. The predicted molar refractivity (Wildman–Crippen MR) is 220 cm³/mol. The van der Waals surface area contributed by atoms with Gasteiger partial charge in [0, 0.05) is 13.0 Å². The third kappa shape index (κ3) is 24.8. The number of nitrogens with zero attached hydrogens (tertiary/aromatic N) is 1. The second kappa shape index (κ2) is 35.2. The molecule has 2 amide bonds. The molecule has 1 rings (SSSR count). The van der Waals surface area contributed by atoms with E-state index >= 15 is 0 Å². The quantitative estimate of drug-likeness (QED) is 0.0398. The van der Waals surface area contributed by atoms with E-state index in [9.17, 15) is 24.9 Å². The monoisotopic (exact) mass is 754 g/mol. The first-order valence-corrected chi connectivity index (χ1v) is 22.8. The van der Waals surface area contributed by atoms with E-state index in [1.807, 2.05) is 0 Å². The summed E-state index contributed by atoms with van der Waals surface area (Å²) in [6.07, 6.45) is 34.5. The van der Waals surface area contributed by atoms with Crippen LogP contribution in [0.1, 0.15) is 219 Å². The lowest BCUT2D eigenvalue weighted by atomic mass is 9.94. The molecule has 9 nitrogen and oxygen atoms in total. The van der Waals surface area contributed by atoms with Crippen LogP contribution < -0.4 is 11.1 Å². The molecule has 9 heteroatoms. The Morgan fingerprint density at radius 3 is 1.28 bits per heavy atom. The molecule has 0 saturated carbocycles. The lowest BCUT2D eigenvalue weighted by molar-refractivity contribution is -0.231. The van der Waals surface area contributed by atoms with Gasteiger partial charge < -0.3 is 36.0 Å². The Bertz CT molecular complexity index is 848. The number of carbonyl (C=O) groups excluding carboxylic acids is 2. The number of ether oxygens (including phenoxy) is 1. The Kier molecular flexibility index (Phi) is 33.0. The van der Waals surface area contributed by atoms with Gasteiger partial charge in [-0.05, 0) is 12.8 Å². The van der Waals surface area contributed by atoms with Gasteiger partial charge in [-0.1, -0.05) is 200 Å². The minimum absolute atomic E-state index is 0.0852. The summed E-state index contributed by atoms with van der Waals surface area (Å²) in [7, 11) is 0. The van der Waals surface area contributed by atoms with E-state index in [0.29, 0.717) is 13.0 Å². The smallest absolute Gasteiger partial charge is 0.234 e. The predicted octanol–water partition coefficient (Wildman–Crippen LogP) is 9.22. The van der Waals surface area contributed by atoms with Gasteiger partial charge >= 0.3 is 0 Å². The van der Waals surface area contributed by atoms with Crippen molar-refractivity contribution in [1.82, 2.24) is 10.2 Å². The van der Waals surface area contributed by atoms with Crippen molar-refractivity contribution in [3.63, 3.8) is 0 Å². The van der Waals surface area contributed by atoms with Crippen molar-refractivity contribution in [2.45, 2.75) is 250 Å². The van der Waals surface area contributed by atoms with Crippen molar-refractivity contribution in [3.8, 4) is 0 Å². The number of rotatable bonds is 37. The number of carbonyl (C=O) groups is 2. The molecule has 1 saturated heterocycles. The lowest BCUT2D eigenvalue weighted by Gasteiger charge is -2.46. The van der Waals surface area contributed by atoms with Crippen LogP contribution in [0.3, 0.4) is 0 Å². The number of aliphatic hydroxyl groups excluding tert-OH is 3. The molecule has 53 heavy (non-hydrogen) atoms. The zero-order valence-electron chi connectivity index (χ0n) is 34.7. The van der Waals surface area contributed by atoms with Gasteiger partial charge in [0.25, 0.3) is 0 Å². The number of nitrogens with two attached hydrogens (primary N) is 1. The molecular weight excluding hydrogens is 666 g/mol. The fraction of sp³-hybridized carbons (Fsp3) is 0.955. The van der Waals surface area contributed by atoms with Crippen LogP contribution in [0.15, 0.2) is 0 Å². The van der Waals surface area contributed by atoms with E-state index in [2.05, 4.69) is 19.2 Å². The number of hydrogen-bond donors (Lipinski definition) is 5. The molecule has 0 radical (unpaired) electrons. The standard InChI is InChI=1S/C44H87N3O6/c1-3-5-7-9-11-13-15-17-19-21-23-25-27-29-31-33-35-47(44-41(46-39(49)36-45)43(52)42(51)38(37-48)53-44)40(50)34-32-30-28-26-24-22-20-18-16-14-12-10-8-6-4-2/h38,41-44,48,51-52H,3-37,45H2,1-2H3,(H,46,49)/t38-,41-,42-,43-,44-/m1/s1. The highest BCUT2D eigenvalue weighted by atomic mass is 16.5. The lowest BCUT2D eigenvalue weighted by Crippen LogP contribution is -2.69. The van der Waals surface area contributed by atoms with Crippen molar-refractivity contribution < 1.29 is 29.6 Å². The summed E-state index contributed by atoms with van der Waals surface area (Å²) in [5.41, 5.74) is 5.56. The highest BCUT2D eigenvalue weighted by Crippen LogP contribution is 2.26. The minimum atomic E-state index is -1.41. The molecule has 1 fully saturated rings. The van der Waals surface area contributed by atoms with Crippen molar-refractivity contribution in [1.29, 1.82) is 0 Å². The molecule has 0 spiro atoms. The van der Waals surface area contributed by atoms with E-state index in [-0.39, 0.29) is 12.5 Å². The highest BCUT2D eigenvalue weighted by Gasteiger charge is 2.48. The third-order valence-electron chi connectivity index (χ3n) is 11.3. The minimum Gasteiger partial charge on any atom is -0.394 e. The number of hydrogen-bond acceptors (Lipinski definition) is 7. The van der Waals surface area contributed by atoms with Crippen molar-refractivity contribution in [2.24, 2.45) is 5.73 Å². The number of nitrogens with one attached hydrogen (secondary N) is 1. The third-order valence-corrected chi connectivity index (χ3v) is 11.3. The van der Waals surface area contributed by atoms with Gasteiger partial charge in [-0.25, -0.2) is 0 Å². The Morgan fingerprint density at radius 1 is 0.566 bits per heavy atom. The Hall–Kier alpha value is -1.26. The van der Waals surface area contributed by atoms with Crippen LogP contribution in [0, 0.1) is 0 Å². The molecule has 6 N–H and O–H groups in total. The normalized spacial score (nSPS) is 20.2. The summed E-state index contributed by atoms with van der Waals surface area (Å²) in [5.74, 6) is -0.590. The molecular formula is C44H87N3O6. The van der Waals surface area contributed by atoms with Crippen LogP contribution in [0.2, 0.25) is 0 Å². The van der Waals surface area contributed by atoms with Gasteiger partial charge in [0.05, 0.1) is 13.2 Å². The second-order valence-electron chi connectivity index (χ2n) is 16.1. The number of aliphatic hydroxyl groups is 3. The molecule has 0 unspecified atom stereocenters. The maximum atomic E-state index is 13.8. The van der Waals surface area contributed by atoms with E-state index in [4.69, 9.17) is 10.5 Å². The van der Waals surface area contributed by atoms with Crippen molar-refractivity contribution in [2.75, 3.05) is 19.7 Å². The zero-order chi connectivity index (χ0) is 38.8. The average Bonchev–Trinajstić information content (AvgIpc) is 3.16. The number of unbranched alkanes of at least 4 members (excludes halogenated alkanes) is 29. The SMILES string of the molecule is CCCCCCCCCCCCCCCCCCN(C(=O)CCCCCCCCCCCCCCCCC)[C@@H]1O[C@H](CO)[C@@H](O)[C@H](O)[C@H]1NC(=O)CN. The molecule has 314 valence electrons. The van der Waals surface area contributed by atoms with Crippen LogP contribution in [0.25, 0.3) is 0 Å². The van der Waals surface area contributed by atoms with Gasteiger partial charge in [-0.15, -0.1) is 0 Å². The Balaban J connectivity index is 2.48. The maximum Gasteiger partial charge on any atom is 0.234 e. The highest BCUT2D eigenvalue weighted by molar-refractivity contribution is 5.79. The summed E-state index contributed by atoms with van der Waals surface area (Å²) < 4.78 is 6.06. The molecule has 5 atom stereocenters. The van der Waals surface area contributed by atoms with Gasteiger partial charge in [0.2, 0.25) is 11.8 Å². The molecule has 1 aliphatic rings. The van der Waals surface area contributed by atoms with Crippen LogP contribution in [0.4, 0.5) is 0 Å². The first-order chi connectivity index (χ1) is 25.9. The second-order valence-corrected chi connectivity index (χ2v) is 16.1. The first-order valence-electron chi connectivity index (χ1n) is 22.8. The molecule has 1 heterocycles. The van der Waals surface area contributed by atoms with Gasteiger partial charge in [-0.3, -0.25) is 9.59 Å². The van der Waals surface area contributed by atoms with E-state index in [1.165, 1.54) is 161 Å². The van der Waals surface area contributed by atoms with Gasteiger partial charge in [-0.2, -0.15) is 0 Å². The van der Waals surface area contributed by atoms with Gasteiger partial charge in [0.1, 0.15) is 24.4 Å². The summed E-state index contributed by atoms with van der Waals surface area (Å²) in [6, 6.07) is -1.05. The first kappa shape index (κ1) is 49.8. The van der Waals surface area contributed by atoms with E-state index < -0.39 is 43.1 Å². The molecule has 0 aliphatic carbocycles. The average molecular weight is 754 g/mol. The van der Waals surface area contributed by atoms with Crippen LogP contribution >= 0.6 is 0 Å². The Labute approximate surface area is 326 Å². The summed E-state index contributed by atoms with van der Waals surface area (Å²) in [5, 5.41) is 34.2. The van der Waals surface area contributed by atoms with Crippen LogP contribution in [0.5, 0.6) is 0 Å². The molecule has 0 bridgehead atoms. The van der Waals surface area contributed by atoms with E-state index in [0.717, 1.165) is 38.5 Å². The van der Waals surface area contributed by atoms with Crippen molar-refractivity contribution in [3.05, 3.63) is 0 Å². The Morgan fingerprint density at radius 2 is 0.925 bits per heavy atom. The fourth-order valence-corrected chi connectivity index (χ4v) is 7.78. The van der Waals surface area contributed by atoms with Gasteiger partial charge in [0.15, 0.2) is 6.23 Å². The molecule has 0 aromatic heterocycles. The summed E-state index contributed by atoms with van der Waals surface area (Å²) in [4.78, 5) is 27.7. The maximum absolute atomic E-state index is 13.8. The summed E-state index contributed by atoms with van der Waals surface area (Å²) in [6.45, 7) is 4.16. The fourth-order valence-electron chi connectivity index (χ4n) is 7.78. The zero-order valence-corrected chi connectivity index (χ0v) is 34.7. The molecule has 0 aromatic rings. The largest absolute Gasteiger partial charge is 0.394 e. The van der Waals surface area contributed by atoms with Crippen LogP contribution in [-0.4, -0.2) is 82.3 Å². The topological polar surface area (TPSA) is 145 Å². The number of amides is 2. The molecule has 1 aliphatic heterocycles. The van der Waals surface area contributed by atoms with Crippen LogP contribution in [-0.2, 0) is 14.3 Å².